The van der Waals surface area contributed by atoms with E-state index in [0.717, 1.165) is 24.8 Å². The largest absolute Gasteiger partial charge is 0.379 e. The highest BCUT2D eigenvalue weighted by atomic mass is 16.5. The van der Waals surface area contributed by atoms with Gasteiger partial charge >= 0.3 is 0 Å². The lowest BCUT2D eigenvalue weighted by Crippen LogP contribution is -2.30. The molecule has 0 spiro atoms. The Labute approximate surface area is 135 Å². The lowest BCUT2D eigenvalue weighted by Gasteiger charge is -2.23. The molecule has 3 heterocycles. The number of aromatic nitrogens is 3. The third-order valence-corrected chi connectivity index (χ3v) is 3.60. The molecule has 1 fully saturated rings. The van der Waals surface area contributed by atoms with Crippen LogP contribution in [-0.2, 0) is 4.74 Å². The SMILES string of the molecule is CC(C)Nc1nc(C#N)cc2cnc(NC3CCCOC3)nc12. The molecule has 0 radical (unpaired) electrons. The number of hydrogen-bond acceptors (Lipinski definition) is 7. The van der Waals surface area contributed by atoms with Crippen LogP contribution in [-0.4, -0.2) is 40.2 Å². The lowest BCUT2D eigenvalue weighted by atomic mass is 10.1. The van der Waals surface area contributed by atoms with Gasteiger partial charge in [0.1, 0.15) is 17.3 Å². The lowest BCUT2D eigenvalue weighted by molar-refractivity contribution is 0.0874. The Balaban J connectivity index is 1.94. The van der Waals surface area contributed by atoms with Crippen LogP contribution in [0, 0.1) is 11.3 Å². The van der Waals surface area contributed by atoms with Crippen LogP contribution < -0.4 is 10.6 Å². The van der Waals surface area contributed by atoms with Crippen LogP contribution in [0.3, 0.4) is 0 Å². The van der Waals surface area contributed by atoms with Crippen molar-refractivity contribution in [3.05, 3.63) is 18.0 Å². The van der Waals surface area contributed by atoms with E-state index >= 15 is 0 Å². The third kappa shape index (κ3) is 3.66. The van der Waals surface area contributed by atoms with Gasteiger partial charge < -0.3 is 15.4 Å². The third-order valence-electron chi connectivity index (χ3n) is 3.60. The zero-order valence-electron chi connectivity index (χ0n) is 13.3. The van der Waals surface area contributed by atoms with Crippen molar-refractivity contribution in [3.63, 3.8) is 0 Å². The quantitative estimate of drug-likeness (QED) is 0.894. The summed E-state index contributed by atoms with van der Waals surface area (Å²) in [5.41, 5.74) is 1.07. The molecule has 0 bridgehead atoms. The summed E-state index contributed by atoms with van der Waals surface area (Å²) in [7, 11) is 0. The molecule has 2 aromatic heterocycles. The van der Waals surface area contributed by atoms with Gasteiger partial charge in [0.15, 0.2) is 5.82 Å². The number of fused-ring (bicyclic) bond motifs is 1. The minimum atomic E-state index is 0.192. The molecule has 7 nitrogen and oxygen atoms in total. The molecule has 23 heavy (non-hydrogen) atoms. The molecule has 2 N–H and O–H groups in total. The van der Waals surface area contributed by atoms with E-state index in [1.165, 1.54) is 0 Å². The maximum absolute atomic E-state index is 9.12. The number of nitrogens with zero attached hydrogens (tertiary/aromatic N) is 4. The Morgan fingerprint density at radius 3 is 2.96 bits per heavy atom. The van der Waals surface area contributed by atoms with Crippen molar-refractivity contribution in [1.29, 1.82) is 5.26 Å². The van der Waals surface area contributed by atoms with E-state index in [4.69, 9.17) is 10.00 Å². The Morgan fingerprint density at radius 2 is 2.26 bits per heavy atom. The minimum Gasteiger partial charge on any atom is -0.379 e. The molecule has 1 aliphatic rings. The number of pyridine rings is 1. The predicted molar refractivity (Wildman–Crippen MR) is 88.3 cm³/mol. The van der Waals surface area contributed by atoms with Crippen molar-refractivity contribution >= 4 is 22.7 Å². The highest BCUT2D eigenvalue weighted by molar-refractivity contribution is 5.89. The Kier molecular flexibility index (Phi) is 4.53. The van der Waals surface area contributed by atoms with Gasteiger partial charge in [0.05, 0.1) is 12.6 Å². The zero-order valence-corrected chi connectivity index (χ0v) is 13.3. The van der Waals surface area contributed by atoms with Crippen molar-refractivity contribution in [3.8, 4) is 6.07 Å². The smallest absolute Gasteiger partial charge is 0.223 e. The summed E-state index contributed by atoms with van der Waals surface area (Å²) in [5, 5.41) is 16.5. The summed E-state index contributed by atoms with van der Waals surface area (Å²) < 4.78 is 5.47. The van der Waals surface area contributed by atoms with Crippen molar-refractivity contribution in [2.45, 2.75) is 38.8 Å². The van der Waals surface area contributed by atoms with E-state index < -0.39 is 0 Å². The van der Waals surface area contributed by atoms with Gasteiger partial charge in [-0.1, -0.05) is 0 Å². The van der Waals surface area contributed by atoms with E-state index in [9.17, 15) is 0 Å². The van der Waals surface area contributed by atoms with Crippen LogP contribution in [0.25, 0.3) is 10.9 Å². The summed E-state index contributed by atoms with van der Waals surface area (Å²) in [6.45, 7) is 5.53. The monoisotopic (exact) mass is 312 g/mol. The highest BCUT2D eigenvalue weighted by Gasteiger charge is 2.16. The highest BCUT2D eigenvalue weighted by Crippen LogP contribution is 2.22. The van der Waals surface area contributed by atoms with Crippen LogP contribution in [0.5, 0.6) is 0 Å². The predicted octanol–water partition coefficient (Wildman–Crippen LogP) is 2.31. The normalized spacial score (nSPS) is 17.9. The molecular weight excluding hydrogens is 292 g/mol. The molecule has 1 aliphatic heterocycles. The first-order valence-electron chi connectivity index (χ1n) is 7.84. The minimum absolute atomic E-state index is 0.192. The van der Waals surface area contributed by atoms with Crippen molar-refractivity contribution in [2.75, 3.05) is 23.8 Å². The number of ether oxygens (including phenoxy) is 1. The molecule has 0 saturated carbocycles. The first-order chi connectivity index (χ1) is 11.2. The summed E-state index contributed by atoms with van der Waals surface area (Å²) >= 11 is 0. The number of hydrogen-bond donors (Lipinski definition) is 2. The first kappa shape index (κ1) is 15.4. The van der Waals surface area contributed by atoms with E-state index in [1.807, 2.05) is 13.8 Å². The van der Waals surface area contributed by atoms with E-state index in [2.05, 4.69) is 31.7 Å². The maximum Gasteiger partial charge on any atom is 0.223 e. The van der Waals surface area contributed by atoms with E-state index in [0.29, 0.717) is 29.6 Å². The van der Waals surface area contributed by atoms with Gasteiger partial charge in [-0.15, -0.1) is 0 Å². The first-order valence-corrected chi connectivity index (χ1v) is 7.84. The van der Waals surface area contributed by atoms with Crippen LogP contribution in [0.4, 0.5) is 11.8 Å². The van der Waals surface area contributed by atoms with E-state index in [1.54, 1.807) is 12.3 Å². The molecule has 3 rings (SSSR count). The molecule has 2 aromatic rings. The molecule has 1 saturated heterocycles. The Morgan fingerprint density at radius 1 is 1.39 bits per heavy atom. The summed E-state index contributed by atoms with van der Waals surface area (Å²) in [4.78, 5) is 13.3. The van der Waals surface area contributed by atoms with Gasteiger partial charge in [0.25, 0.3) is 0 Å². The van der Waals surface area contributed by atoms with Crippen LogP contribution in [0.2, 0.25) is 0 Å². The Bertz CT molecular complexity index is 733. The average molecular weight is 312 g/mol. The van der Waals surface area contributed by atoms with Gasteiger partial charge in [-0.05, 0) is 32.8 Å². The molecule has 1 atom stereocenters. The second kappa shape index (κ2) is 6.75. The summed E-state index contributed by atoms with van der Waals surface area (Å²) in [5.74, 6) is 1.17. The number of nitriles is 1. The summed E-state index contributed by atoms with van der Waals surface area (Å²) in [6.07, 6.45) is 3.81. The fourth-order valence-corrected chi connectivity index (χ4v) is 2.58. The van der Waals surface area contributed by atoms with Gasteiger partial charge in [0.2, 0.25) is 5.95 Å². The zero-order chi connectivity index (χ0) is 16.2. The topological polar surface area (TPSA) is 95.8 Å². The molecule has 0 aliphatic carbocycles. The average Bonchev–Trinajstić information content (AvgIpc) is 2.55. The standard InChI is InChI=1S/C16H20N6O/c1-10(2)19-15-14-11(6-13(7-17)20-15)8-18-16(22-14)21-12-4-3-5-23-9-12/h6,8,10,12H,3-5,9H2,1-2H3,(H,19,20)(H,18,21,22). The number of nitrogens with one attached hydrogen (secondary N) is 2. The molecule has 120 valence electrons. The second-order valence-corrected chi connectivity index (χ2v) is 5.96. The fourth-order valence-electron chi connectivity index (χ4n) is 2.58. The van der Waals surface area contributed by atoms with E-state index in [-0.39, 0.29) is 12.1 Å². The number of anilines is 2. The van der Waals surface area contributed by atoms with Crippen molar-refractivity contribution in [2.24, 2.45) is 0 Å². The Hall–Kier alpha value is -2.46. The van der Waals surface area contributed by atoms with Gasteiger partial charge in [-0.2, -0.15) is 5.26 Å². The number of rotatable bonds is 4. The molecule has 0 aromatic carbocycles. The molecule has 7 heteroatoms. The van der Waals surface area contributed by atoms with Crippen LogP contribution in [0.1, 0.15) is 32.4 Å². The van der Waals surface area contributed by atoms with Crippen LogP contribution >= 0.6 is 0 Å². The fraction of sp³-hybridized carbons (Fsp3) is 0.500. The molecule has 0 amide bonds. The summed E-state index contributed by atoms with van der Waals surface area (Å²) in [6, 6.07) is 4.20. The van der Waals surface area contributed by atoms with Gasteiger partial charge in [0, 0.05) is 24.2 Å². The second-order valence-electron chi connectivity index (χ2n) is 5.96. The van der Waals surface area contributed by atoms with Crippen LogP contribution in [0.15, 0.2) is 12.3 Å². The maximum atomic E-state index is 9.12. The molecular formula is C16H20N6O. The van der Waals surface area contributed by atoms with Crippen molar-refractivity contribution in [1.82, 2.24) is 15.0 Å². The van der Waals surface area contributed by atoms with Gasteiger partial charge in [-0.3, -0.25) is 0 Å². The molecule has 1 unspecified atom stereocenters. The van der Waals surface area contributed by atoms with Gasteiger partial charge in [-0.25, -0.2) is 15.0 Å². The van der Waals surface area contributed by atoms with Crippen molar-refractivity contribution < 1.29 is 4.74 Å².